The van der Waals surface area contributed by atoms with E-state index in [0.717, 1.165) is 31.2 Å². The number of aryl methyl sites for hydroxylation is 1. The molecule has 1 saturated heterocycles. The molecule has 0 aromatic heterocycles. The van der Waals surface area contributed by atoms with E-state index in [2.05, 4.69) is 5.32 Å². The highest BCUT2D eigenvalue weighted by Crippen LogP contribution is 2.18. The second-order valence-electron chi connectivity index (χ2n) is 7.44. The Morgan fingerprint density at radius 2 is 1.70 bits per heavy atom. The van der Waals surface area contributed by atoms with E-state index in [1.807, 2.05) is 19.1 Å². The van der Waals surface area contributed by atoms with E-state index in [1.165, 1.54) is 18.2 Å². The Morgan fingerprint density at radius 3 is 2.33 bits per heavy atom. The van der Waals surface area contributed by atoms with Crippen molar-refractivity contribution in [2.24, 2.45) is 0 Å². The van der Waals surface area contributed by atoms with Gasteiger partial charge < -0.3 is 10.2 Å². The second-order valence-corrected chi connectivity index (χ2v) is 7.44. The van der Waals surface area contributed by atoms with Crippen molar-refractivity contribution in [2.45, 2.75) is 32.6 Å². The van der Waals surface area contributed by atoms with E-state index in [4.69, 9.17) is 0 Å². The second kappa shape index (κ2) is 9.82. The Labute approximate surface area is 175 Å². The number of hydrogen-bond donors (Lipinski definition) is 1. The van der Waals surface area contributed by atoms with Gasteiger partial charge in [-0.2, -0.15) is 0 Å². The maximum atomic E-state index is 13.2. The number of carbonyl (C=O) groups excluding carboxylic acids is 2. The minimum absolute atomic E-state index is 0.0739. The Kier molecular flexibility index (Phi) is 6.95. The van der Waals surface area contributed by atoms with Crippen molar-refractivity contribution in [1.82, 2.24) is 10.2 Å². The minimum Gasteiger partial charge on any atom is -0.337 e. The van der Waals surface area contributed by atoms with Crippen LogP contribution in [0.1, 0.15) is 47.2 Å². The lowest BCUT2D eigenvalue weighted by Crippen LogP contribution is -2.39. The van der Waals surface area contributed by atoms with Crippen LogP contribution in [0.5, 0.6) is 0 Å². The molecule has 1 N–H and O–H groups in total. The van der Waals surface area contributed by atoms with Crippen LogP contribution in [-0.4, -0.2) is 34.7 Å². The van der Waals surface area contributed by atoms with Gasteiger partial charge in [-0.15, -0.1) is 0 Å². The number of nitrogens with zero attached hydrogens (tertiary/aromatic N) is 2. The van der Waals surface area contributed by atoms with Crippen LogP contribution in [0.2, 0.25) is 0 Å². The number of nitro groups is 1. The molecule has 0 atom stereocenters. The number of rotatable bonds is 5. The van der Waals surface area contributed by atoms with E-state index in [1.54, 1.807) is 29.2 Å². The fourth-order valence-corrected chi connectivity index (χ4v) is 3.39. The van der Waals surface area contributed by atoms with Gasteiger partial charge in [0.25, 0.3) is 17.5 Å². The van der Waals surface area contributed by atoms with Gasteiger partial charge in [0.05, 0.1) is 4.92 Å². The Bertz CT molecular complexity index is 959. The molecule has 30 heavy (non-hydrogen) atoms. The fraction of sp³-hybridized carbons (Fsp3) is 0.304. The monoisotopic (exact) mass is 407 g/mol. The van der Waals surface area contributed by atoms with Crippen molar-refractivity contribution in [1.29, 1.82) is 0 Å². The number of nitrogens with one attached hydrogen (secondary N) is 1. The highest BCUT2D eigenvalue weighted by molar-refractivity contribution is 6.05. The summed E-state index contributed by atoms with van der Waals surface area (Å²) in [5.41, 5.74) is 1.98. The molecule has 0 radical (unpaired) electrons. The van der Waals surface area contributed by atoms with Crippen LogP contribution in [0, 0.1) is 17.0 Å². The zero-order chi connectivity index (χ0) is 21.5. The van der Waals surface area contributed by atoms with Gasteiger partial charge in [-0.05, 0) is 43.5 Å². The molecule has 7 nitrogen and oxygen atoms in total. The first-order chi connectivity index (χ1) is 14.4. The molecule has 2 aromatic rings. The number of carbonyl (C=O) groups is 2. The van der Waals surface area contributed by atoms with Gasteiger partial charge in [-0.3, -0.25) is 19.7 Å². The first kappa shape index (κ1) is 21.2. The SMILES string of the molecule is Cc1ccc(C(=O)N/C(=C\c2cccc([N+](=O)[O-])c2)C(=O)N2CCCCCC2)cc1. The standard InChI is InChI=1S/C23H25N3O4/c1-17-9-11-19(12-10-17)22(27)24-21(23(28)25-13-4-2-3-5-14-25)16-18-7-6-8-20(15-18)26(29)30/h6-12,15-16H,2-5,13-14H2,1H3,(H,24,27)/b21-16-. The molecule has 3 rings (SSSR count). The molecule has 0 unspecified atom stereocenters. The number of nitro benzene ring substituents is 1. The minimum atomic E-state index is -0.488. The molecule has 1 heterocycles. The van der Waals surface area contributed by atoms with Gasteiger partial charge in [-0.1, -0.05) is 42.7 Å². The van der Waals surface area contributed by atoms with E-state index in [-0.39, 0.29) is 17.3 Å². The lowest BCUT2D eigenvalue weighted by Gasteiger charge is -2.22. The van der Waals surface area contributed by atoms with Crippen LogP contribution in [0.25, 0.3) is 6.08 Å². The molecular formula is C23H25N3O4. The molecule has 1 aliphatic rings. The van der Waals surface area contributed by atoms with E-state index < -0.39 is 10.8 Å². The lowest BCUT2D eigenvalue weighted by molar-refractivity contribution is -0.384. The third kappa shape index (κ3) is 5.53. The van der Waals surface area contributed by atoms with Crippen LogP contribution in [0.3, 0.4) is 0 Å². The summed E-state index contributed by atoms with van der Waals surface area (Å²) < 4.78 is 0. The number of likely N-dealkylation sites (tertiary alicyclic amines) is 1. The predicted molar refractivity (Wildman–Crippen MR) is 115 cm³/mol. The molecule has 7 heteroatoms. The average Bonchev–Trinajstić information content (AvgIpc) is 3.03. The van der Waals surface area contributed by atoms with Gasteiger partial charge in [0.2, 0.25) is 0 Å². The first-order valence-corrected chi connectivity index (χ1v) is 10.1. The van der Waals surface area contributed by atoms with Crippen molar-refractivity contribution in [3.05, 3.63) is 81.0 Å². The van der Waals surface area contributed by atoms with Crippen molar-refractivity contribution < 1.29 is 14.5 Å². The summed E-state index contributed by atoms with van der Waals surface area (Å²) in [7, 11) is 0. The normalized spacial score (nSPS) is 14.7. The summed E-state index contributed by atoms with van der Waals surface area (Å²) in [6.07, 6.45) is 5.49. The van der Waals surface area contributed by atoms with E-state index in [9.17, 15) is 19.7 Å². The molecule has 2 amide bonds. The number of hydrogen-bond acceptors (Lipinski definition) is 4. The van der Waals surface area contributed by atoms with Crippen LogP contribution in [0.4, 0.5) is 5.69 Å². The molecule has 0 spiro atoms. The summed E-state index contributed by atoms with van der Waals surface area (Å²) in [6.45, 7) is 3.19. The zero-order valence-electron chi connectivity index (χ0n) is 17.0. The third-order valence-electron chi connectivity index (χ3n) is 5.08. The summed E-state index contributed by atoms with van der Waals surface area (Å²) >= 11 is 0. The molecule has 1 fully saturated rings. The van der Waals surface area contributed by atoms with Crippen molar-refractivity contribution in [2.75, 3.05) is 13.1 Å². The van der Waals surface area contributed by atoms with Gasteiger partial charge in [-0.25, -0.2) is 0 Å². The predicted octanol–water partition coefficient (Wildman–Crippen LogP) is 4.08. The number of non-ortho nitro benzene ring substituents is 1. The smallest absolute Gasteiger partial charge is 0.270 e. The van der Waals surface area contributed by atoms with Gasteiger partial charge in [0, 0.05) is 30.8 Å². The first-order valence-electron chi connectivity index (χ1n) is 10.1. The summed E-state index contributed by atoms with van der Waals surface area (Å²) in [4.78, 5) is 38.3. The van der Waals surface area contributed by atoms with E-state index >= 15 is 0 Å². The van der Waals surface area contributed by atoms with Crippen molar-refractivity contribution in [3.8, 4) is 0 Å². The quantitative estimate of drug-likeness (QED) is 0.459. The Hall–Kier alpha value is -3.48. The highest BCUT2D eigenvalue weighted by atomic mass is 16.6. The Morgan fingerprint density at radius 1 is 1.03 bits per heavy atom. The topological polar surface area (TPSA) is 92.5 Å². The highest BCUT2D eigenvalue weighted by Gasteiger charge is 2.22. The number of amides is 2. The van der Waals surface area contributed by atoms with Crippen LogP contribution in [-0.2, 0) is 4.79 Å². The van der Waals surface area contributed by atoms with E-state index in [0.29, 0.717) is 24.2 Å². The molecule has 156 valence electrons. The van der Waals surface area contributed by atoms with Crippen molar-refractivity contribution >= 4 is 23.6 Å². The van der Waals surface area contributed by atoms with Gasteiger partial charge in [0.15, 0.2) is 0 Å². The lowest BCUT2D eigenvalue weighted by atomic mass is 10.1. The number of benzene rings is 2. The van der Waals surface area contributed by atoms with Gasteiger partial charge >= 0.3 is 0 Å². The summed E-state index contributed by atoms with van der Waals surface area (Å²) in [6, 6.07) is 13.1. The zero-order valence-corrected chi connectivity index (χ0v) is 17.0. The molecule has 0 aliphatic carbocycles. The maximum absolute atomic E-state index is 13.2. The molecular weight excluding hydrogens is 382 g/mol. The largest absolute Gasteiger partial charge is 0.337 e. The van der Waals surface area contributed by atoms with Gasteiger partial charge in [0.1, 0.15) is 5.70 Å². The molecule has 2 aromatic carbocycles. The maximum Gasteiger partial charge on any atom is 0.270 e. The summed E-state index contributed by atoms with van der Waals surface area (Å²) in [5.74, 6) is -0.668. The molecule has 0 bridgehead atoms. The van der Waals surface area contributed by atoms with Crippen molar-refractivity contribution in [3.63, 3.8) is 0 Å². The van der Waals surface area contributed by atoms with Crippen LogP contribution >= 0.6 is 0 Å². The third-order valence-corrected chi connectivity index (χ3v) is 5.08. The average molecular weight is 407 g/mol. The van der Waals surface area contributed by atoms with Crippen LogP contribution < -0.4 is 5.32 Å². The summed E-state index contributed by atoms with van der Waals surface area (Å²) in [5, 5.41) is 13.8. The molecule has 1 aliphatic heterocycles. The fourth-order valence-electron chi connectivity index (χ4n) is 3.39. The molecule has 0 saturated carbocycles. The van der Waals surface area contributed by atoms with Crippen LogP contribution in [0.15, 0.2) is 54.2 Å². The Balaban J connectivity index is 1.92.